The maximum absolute atomic E-state index is 12.6. The summed E-state index contributed by atoms with van der Waals surface area (Å²) in [5, 5.41) is 33.2. The predicted octanol–water partition coefficient (Wildman–Crippen LogP) is 1.88. The number of ether oxygens (including phenoxy) is 1. The molecule has 1 aromatic carbocycles. The van der Waals surface area contributed by atoms with Crippen LogP contribution in [0.3, 0.4) is 0 Å². The first-order valence-electron chi connectivity index (χ1n) is 8.75. The summed E-state index contributed by atoms with van der Waals surface area (Å²) in [6.07, 6.45) is 2.34. The number of hydrogen-bond donors (Lipinski definition) is 4. The minimum Gasteiger partial charge on any atom is -0.507 e. The number of phenolic OH excluding ortho intramolecular Hbond substituents is 1. The predicted molar refractivity (Wildman–Crippen MR) is 102 cm³/mol. The number of nitrogens with one attached hydrogen (secondary N) is 1. The third-order valence-electron chi connectivity index (χ3n) is 4.57. The summed E-state index contributed by atoms with van der Waals surface area (Å²) in [7, 11) is 1.67. The first-order chi connectivity index (χ1) is 12.7. The zero-order valence-corrected chi connectivity index (χ0v) is 15.5. The first-order valence-corrected chi connectivity index (χ1v) is 8.75. The van der Waals surface area contributed by atoms with Crippen LogP contribution in [0.2, 0.25) is 0 Å². The van der Waals surface area contributed by atoms with Gasteiger partial charge in [0, 0.05) is 24.7 Å². The number of ketones is 1. The first kappa shape index (κ1) is 20.7. The minimum absolute atomic E-state index is 0.00820. The molecule has 4 N–H and O–H groups in total. The van der Waals surface area contributed by atoms with Crippen LogP contribution in [0.25, 0.3) is 6.08 Å². The van der Waals surface area contributed by atoms with E-state index in [1.165, 1.54) is 30.4 Å². The maximum Gasteiger partial charge on any atom is 0.342 e. The van der Waals surface area contributed by atoms with Gasteiger partial charge in [-0.15, -0.1) is 0 Å². The number of carbonyl (C=O) groups is 2. The standard InChI is InChI=1S/C20H25NO6/c1-11-7-8-16(23)19(25)15(22)6-4-5-13-9-14(21-3)10-17(24)18(13)20(26)27-12(11)2/h4-5,7-12,15,19,21-22,24-25H,6H2,1-3H3/b5-4?,8-7-/t11-,12+,15+,19-/m1/s1. The van der Waals surface area contributed by atoms with Crippen LogP contribution in [0.5, 0.6) is 5.75 Å². The van der Waals surface area contributed by atoms with Gasteiger partial charge in [0.15, 0.2) is 5.78 Å². The molecule has 2 rings (SSSR count). The van der Waals surface area contributed by atoms with Gasteiger partial charge in [0.1, 0.15) is 23.5 Å². The average Bonchev–Trinajstić information content (AvgIpc) is 2.63. The van der Waals surface area contributed by atoms with Crippen molar-refractivity contribution in [3.8, 4) is 5.75 Å². The molecular weight excluding hydrogens is 350 g/mol. The Bertz CT molecular complexity index is 770. The maximum atomic E-state index is 12.6. The van der Waals surface area contributed by atoms with E-state index in [-0.39, 0.29) is 23.7 Å². The van der Waals surface area contributed by atoms with Gasteiger partial charge < -0.3 is 25.4 Å². The van der Waals surface area contributed by atoms with Crippen LogP contribution in [0.4, 0.5) is 5.69 Å². The van der Waals surface area contributed by atoms with Crippen LogP contribution in [0.15, 0.2) is 30.4 Å². The molecule has 0 aliphatic carbocycles. The van der Waals surface area contributed by atoms with Crippen LogP contribution in [-0.4, -0.2) is 52.4 Å². The Morgan fingerprint density at radius 1 is 1.15 bits per heavy atom. The summed E-state index contributed by atoms with van der Waals surface area (Å²) < 4.78 is 5.44. The second-order valence-electron chi connectivity index (χ2n) is 6.59. The summed E-state index contributed by atoms with van der Waals surface area (Å²) in [5.41, 5.74) is 0.992. The zero-order valence-electron chi connectivity index (χ0n) is 15.5. The SMILES string of the molecule is CNc1cc(O)c2c(c1)C=CC[C@H](O)[C@@H](O)C(=O)/C=C\[C@@H](C)[C@H](C)OC2=O. The molecule has 0 fully saturated rings. The highest BCUT2D eigenvalue weighted by molar-refractivity contribution is 5.97. The molecule has 1 aliphatic heterocycles. The quantitative estimate of drug-likeness (QED) is 0.554. The number of benzene rings is 1. The second kappa shape index (κ2) is 8.83. The number of hydrogen-bond acceptors (Lipinski definition) is 7. The fraction of sp³-hybridized carbons (Fsp3) is 0.400. The molecule has 0 spiro atoms. The van der Waals surface area contributed by atoms with Crippen LogP contribution < -0.4 is 5.32 Å². The summed E-state index contributed by atoms with van der Waals surface area (Å²) in [6, 6.07) is 3.07. The molecule has 4 atom stereocenters. The number of phenols is 1. The summed E-state index contributed by atoms with van der Waals surface area (Å²) >= 11 is 0. The third-order valence-corrected chi connectivity index (χ3v) is 4.57. The average molecular weight is 375 g/mol. The van der Waals surface area contributed by atoms with E-state index >= 15 is 0 Å². The van der Waals surface area contributed by atoms with Crippen molar-refractivity contribution in [1.29, 1.82) is 0 Å². The van der Waals surface area contributed by atoms with Crippen molar-refractivity contribution in [2.45, 2.75) is 38.6 Å². The van der Waals surface area contributed by atoms with Crippen molar-refractivity contribution in [2.75, 3.05) is 12.4 Å². The van der Waals surface area contributed by atoms with E-state index < -0.39 is 30.1 Å². The minimum atomic E-state index is -1.55. The lowest BCUT2D eigenvalue weighted by Gasteiger charge is -2.20. The molecular formula is C20H25NO6. The van der Waals surface area contributed by atoms with Crippen molar-refractivity contribution in [2.24, 2.45) is 5.92 Å². The van der Waals surface area contributed by atoms with E-state index in [0.717, 1.165) is 0 Å². The number of aliphatic hydroxyl groups is 2. The highest BCUT2D eigenvalue weighted by Gasteiger charge is 2.25. The molecule has 0 aromatic heterocycles. The number of aromatic hydroxyl groups is 1. The van der Waals surface area contributed by atoms with E-state index in [1.807, 2.05) is 0 Å². The van der Waals surface area contributed by atoms with Gasteiger partial charge in [-0.3, -0.25) is 4.79 Å². The topological polar surface area (TPSA) is 116 Å². The highest BCUT2D eigenvalue weighted by Crippen LogP contribution is 2.29. The summed E-state index contributed by atoms with van der Waals surface area (Å²) in [4.78, 5) is 24.6. The Hall–Kier alpha value is -2.64. The lowest BCUT2D eigenvalue weighted by Crippen LogP contribution is -2.32. The number of carbonyl (C=O) groups excluding carboxylic acids is 2. The number of aliphatic hydroxyl groups excluding tert-OH is 2. The van der Waals surface area contributed by atoms with Crippen molar-refractivity contribution < 1.29 is 29.6 Å². The van der Waals surface area contributed by atoms with Crippen LogP contribution in [0.1, 0.15) is 36.2 Å². The molecule has 7 heteroatoms. The Kier molecular flexibility index (Phi) is 6.76. The van der Waals surface area contributed by atoms with E-state index in [0.29, 0.717) is 11.3 Å². The number of fused-ring (bicyclic) bond motifs is 1. The molecule has 1 heterocycles. The Balaban J connectivity index is 2.50. The summed E-state index contributed by atoms with van der Waals surface area (Å²) in [6.45, 7) is 3.42. The van der Waals surface area contributed by atoms with Gasteiger partial charge in [-0.05, 0) is 31.1 Å². The van der Waals surface area contributed by atoms with Gasteiger partial charge >= 0.3 is 5.97 Å². The van der Waals surface area contributed by atoms with Crippen molar-refractivity contribution in [3.05, 3.63) is 41.5 Å². The van der Waals surface area contributed by atoms with Crippen LogP contribution in [-0.2, 0) is 9.53 Å². The molecule has 27 heavy (non-hydrogen) atoms. The monoisotopic (exact) mass is 375 g/mol. The van der Waals surface area contributed by atoms with E-state index in [2.05, 4.69) is 5.32 Å². The molecule has 0 saturated heterocycles. The lowest BCUT2D eigenvalue weighted by molar-refractivity contribution is -0.127. The van der Waals surface area contributed by atoms with Gasteiger partial charge in [0.05, 0.1) is 6.10 Å². The molecule has 0 amide bonds. The second-order valence-corrected chi connectivity index (χ2v) is 6.59. The molecule has 1 aliphatic rings. The van der Waals surface area contributed by atoms with Crippen molar-refractivity contribution >= 4 is 23.5 Å². The third kappa shape index (κ3) is 4.96. The Morgan fingerprint density at radius 2 is 1.85 bits per heavy atom. The molecule has 0 bridgehead atoms. The molecule has 0 radical (unpaired) electrons. The molecule has 1 aromatic rings. The Labute approximate surface area is 158 Å². The van der Waals surface area contributed by atoms with Gasteiger partial charge in [0.2, 0.25) is 0 Å². The largest absolute Gasteiger partial charge is 0.507 e. The number of esters is 1. The molecule has 146 valence electrons. The molecule has 0 unspecified atom stereocenters. The van der Waals surface area contributed by atoms with Gasteiger partial charge in [0.25, 0.3) is 0 Å². The highest BCUT2D eigenvalue weighted by atomic mass is 16.5. The summed E-state index contributed by atoms with van der Waals surface area (Å²) in [5.74, 6) is -1.85. The normalized spacial score (nSPS) is 28.0. The van der Waals surface area contributed by atoms with Crippen molar-refractivity contribution in [3.63, 3.8) is 0 Å². The fourth-order valence-corrected chi connectivity index (χ4v) is 2.64. The van der Waals surface area contributed by atoms with Crippen LogP contribution in [0, 0.1) is 5.92 Å². The number of anilines is 1. The van der Waals surface area contributed by atoms with E-state index in [4.69, 9.17) is 4.74 Å². The van der Waals surface area contributed by atoms with Crippen molar-refractivity contribution in [1.82, 2.24) is 0 Å². The van der Waals surface area contributed by atoms with Gasteiger partial charge in [-0.1, -0.05) is 25.2 Å². The zero-order chi connectivity index (χ0) is 20.1. The molecule has 0 saturated carbocycles. The van der Waals surface area contributed by atoms with E-state index in [1.54, 1.807) is 27.0 Å². The van der Waals surface area contributed by atoms with Crippen LogP contribution >= 0.6 is 0 Å². The van der Waals surface area contributed by atoms with Gasteiger partial charge in [-0.25, -0.2) is 4.79 Å². The molecule has 7 nitrogen and oxygen atoms in total. The smallest absolute Gasteiger partial charge is 0.342 e. The lowest BCUT2D eigenvalue weighted by atomic mass is 9.99. The van der Waals surface area contributed by atoms with E-state index in [9.17, 15) is 24.9 Å². The fourth-order valence-electron chi connectivity index (χ4n) is 2.64. The number of cyclic esters (lactones) is 1. The van der Waals surface area contributed by atoms with Gasteiger partial charge in [-0.2, -0.15) is 0 Å². The Morgan fingerprint density at radius 3 is 2.52 bits per heavy atom. The number of rotatable bonds is 1.